The minimum Gasteiger partial charge on any atom is -0.332 e. The molecule has 0 bridgehead atoms. The third-order valence-electron chi connectivity index (χ3n) is 4.83. The Hall–Kier alpha value is -3.33. The zero-order valence-electron chi connectivity index (χ0n) is 17.3. The number of aromatic nitrogens is 1. The molecular weight excluding hydrogens is 404 g/mol. The summed E-state index contributed by atoms with van der Waals surface area (Å²) in [6, 6.07) is 9.48. The molecule has 3 aromatic rings. The number of thiazole rings is 1. The lowest BCUT2D eigenvalue weighted by Crippen LogP contribution is -2.19. The van der Waals surface area contributed by atoms with Crippen LogP contribution in [0.1, 0.15) is 37.5 Å². The van der Waals surface area contributed by atoms with E-state index in [1.165, 1.54) is 11.3 Å². The molecule has 2 aromatic carbocycles. The zero-order valence-corrected chi connectivity index (χ0v) is 18.2. The van der Waals surface area contributed by atoms with Crippen LogP contribution in [0, 0.1) is 34.1 Å². The van der Waals surface area contributed by atoms with Crippen LogP contribution in [0.15, 0.2) is 36.5 Å². The van der Waals surface area contributed by atoms with Crippen LogP contribution in [0.4, 0.5) is 22.2 Å². The van der Waals surface area contributed by atoms with E-state index in [4.69, 9.17) is 0 Å². The number of hydrogen-bond acceptors (Lipinski definition) is 7. The van der Waals surface area contributed by atoms with Crippen molar-refractivity contribution in [3.63, 3.8) is 0 Å². The predicted octanol–water partition coefficient (Wildman–Crippen LogP) is 6.28. The Morgan fingerprint density at radius 1 is 0.967 bits per heavy atom. The van der Waals surface area contributed by atoms with E-state index >= 15 is 0 Å². The Morgan fingerprint density at radius 3 is 1.97 bits per heavy atom. The maximum Gasteiger partial charge on any atom is 0.283 e. The molecule has 0 unspecified atom stereocenters. The van der Waals surface area contributed by atoms with Gasteiger partial charge in [0.25, 0.3) is 11.4 Å². The monoisotopic (exact) mass is 426 g/mol. The van der Waals surface area contributed by atoms with Crippen LogP contribution in [0.3, 0.4) is 0 Å². The lowest BCUT2D eigenvalue weighted by molar-refractivity contribution is -0.396. The van der Waals surface area contributed by atoms with E-state index in [9.17, 15) is 20.2 Å². The molecule has 1 N–H and O–H groups in total. The van der Waals surface area contributed by atoms with Crippen molar-refractivity contribution in [2.24, 2.45) is 0 Å². The molecule has 30 heavy (non-hydrogen) atoms. The van der Waals surface area contributed by atoms with Crippen molar-refractivity contribution in [2.45, 2.75) is 40.0 Å². The predicted molar refractivity (Wildman–Crippen MR) is 119 cm³/mol. The van der Waals surface area contributed by atoms with Crippen LogP contribution in [0.5, 0.6) is 0 Å². The summed E-state index contributed by atoms with van der Waals surface area (Å²) in [6.07, 6.45) is 1.59. The fraction of sp³-hybridized carbons (Fsp3) is 0.286. The first-order valence-corrected chi connectivity index (χ1v) is 10.1. The number of benzene rings is 2. The van der Waals surface area contributed by atoms with E-state index in [-0.39, 0.29) is 16.9 Å². The normalized spacial score (nSPS) is 11.4. The highest BCUT2D eigenvalue weighted by molar-refractivity contribution is 7.19. The topological polar surface area (TPSA) is 111 Å². The molecule has 8 nitrogen and oxygen atoms in total. The third-order valence-corrected chi connectivity index (χ3v) is 5.76. The van der Waals surface area contributed by atoms with E-state index in [0.717, 1.165) is 5.69 Å². The Labute approximate surface area is 177 Å². The highest BCUT2D eigenvalue weighted by Crippen LogP contribution is 2.48. The van der Waals surface area contributed by atoms with Crippen LogP contribution < -0.4 is 5.32 Å². The molecule has 0 amide bonds. The minimum absolute atomic E-state index is 0.142. The maximum atomic E-state index is 12.0. The second kappa shape index (κ2) is 7.83. The summed E-state index contributed by atoms with van der Waals surface area (Å²) in [7, 11) is 0. The highest BCUT2D eigenvalue weighted by Gasteiger charge is 2.39. The number of rotatable bonds is 5. The van der Waals surface area contributed by atoms with Crippen molar-refractivity contribution in [2.75, 3.05) is 5.32 Å². The second-order valence-electron chi connectivity index (χ2n) is 7.98. The SMILES string of the molecule is Cc1c(-c2cnc(Nc3ccccc3)s2)c(C)c([N+](=O)[O-])c(C(C)(C)C)c1[N+](=O)[O-]. The second-order valence-corrected chi connectivity index (χ2v) is 9.01. The summed E-state index contributed by atoms with van der Waals surface area (Å²) < 4.78 is 0. The van der Waals surface area contributed by atoms with Gasteiger partial charge < -0.3 is 5.32 Å². The Bertz CT molecular complexity index is 1090. The Balaban J connectivity index is 2.24. The smallest absolute Gasteiger partial charge is 0.283 e. The first-order valence-electron chi connectivity index (χ1n) is 9.27. The molecule has 0 radical (unpaired) electrons. The van der Waals surface area contributed by atoms with Gasteiger partial charge in [0.1, 0.15) is 5.56 Å². The molecule has 0 spiro atoms. The first kappa shape index (κ1) is 21.4. The molecule has 0 fully saturated rings. The minimum atomic E-state index is -0.771. The molecule has 0 aliphatic carbocycles. The summed E-state index contributed by atoms with van der Waals surface area (Å²) >= 11 is 1.30. The van der Waals surface area contributed by atoms with Crippen LogP contribution in [0.2, 0.25) is 0 Å². The van der Waals surface area contributed by atoms with Gasteiger partial charge in [0.05, 0.1) is 14.7 Å². The number of nitrogens with one attached hydrogen (secondary N) is 1. The molecule has 156 valence electrons. The quantitative estimate of drug-likeness (QED) is 0.379. The van der Waals surface area contributed by atoms with Gasteiger partial charge in [-0.2, -0.15) is 0 Å². The lowest BCUT2D eigenvalue weighted by Gasteiger charge is -2.22. The number of para-hydroxylation sites is 1. The van der Waals surface area contributed by atoms with Gasteiger partial charge in [0, 0.05) is 34.0 Å². The average molecular weight is 426 g/mol. The number of nitro groups is 2. The lowest BCUT2D eigenvalue weighted by atomic mass is 9.80. The van der Waals surface area contributed by atoms with Crippen molar-refractivity contribution < 1.29 is 9.85 Å². The van der Waals surface area contributed by atoms with Crippen LogP contribution in [-0.2, 0) is 5.41 Å². The molecule has 0 aliphatic heterocycles. The fourth-order valence-electron chi connectivity index (χ4n) is 3.63. The fourth-order valence-corrected chi connectivity index (χ4v) is 4.63. The number of anilines is 2. The molecule has 1 heterocycles. The summed E-state index contributed by atoms with van der Waals surface area (Å²) in [6.45, 7) is 8.52. The number of nitro benzene ring substituents is 2. The van der Waals surface area contributed by atoms with E-state index in [0.29, 0.717) is 26.7 Å². The van der Waals surface area contributed by atoms with Gasteiger partial charge in [-0.05, 0) is 26.0 Å². The van der Waals surface area contributed by atoms with Gasteiger partial charge in [0.2, 0.25) is 0 Å². The van der Waals surface area contributed by atoms with Gasteiger partial charge in [0.15, 0.2) is 5.13 Å². The molecule has 0 aliphatic rings. The molecule has 0 saturated heterocycles. The van der Waals surface area contributed by atoms with Crippen LogP contribution >= 0.6 is 11.3 Å². The number of hydrogen-bond donors (Lipinski definition) is 1. The summed E-state index contributed by atoms with van der Waals surface area (Å²) in [5, 5.41) is 27.7. The van der Waals surface area contributed by atoms with Gasteiger partial charge >= 0.3 is 0 Å². The molecule has 0 atom stereocenters. The van der Waals surface area contributed by atoms with Gasteiger partial charge in [-0.15, -0.1) is 0 Å². The van der Waals surface area contributed by atoms with Crippen molar-refractivity contribution in [3.8, 4) is 10.4 Å². The zero-order chi connectivity index (χ0) is 22.2. The van der Waals surface area contributed by atoms with Gasteiger partial charge in [-0.1, -0.05) is 50.3 Å². The maximum absolute atomic E-state index is 12.0. The van der Waals surface area contributed by atoms with Gasteiger partial charge in [-0.3, -0.25) is 20.2 Å². The summed E-state index contributed by atoms with van der Waals surface area (Å²) in [5.41, 5.74) is 1.11. The van der Waals surface area contributed by atoms with E-state index in [1.54, 1.807) is 40.8 Å². The Kier molecular flexibility index (Phi) is 5.58. The van der Waals surface area contributed by atoms with Crippen molar-refractivity contribution >= 4 is 33.5 Å². The van der Waals surface area contributed by atoms with Gasteiger partial charge in [-0.25, -0.2) is 4.98 Å². The highest BCUT2D eigenvalue weighted by atomic mass is 32.1. The summed E-state index contributed by atoms with van der Waals surface area (Å²) in [4.78, 5) is 27.9. The first-order chi connectivity index (χ1) is 14.0. The molecule has 0 saturated carbocycles. The largest absolute Gasteiger partial charge is 0.332 e. The molecular formula is C21H22N4O4S. The van der Waals surface area contributed by atoms with E-state index in [2.05, 4.69) is 10.3 Å². The van der Waals surface area contributed by atoms with Crippen molar-refractivity contribution in [1.82, 2.24) is 4.98 Å². The van der Waals surface area contributed by atoms with Crippen molar-refractivity contribution in [3.05, 3.63) is 73.4 Å². The number of nitrogens with zero attached hydrogens (tertiary/aromatic N) is 3. The third kappa shape index (κ3) is 3.88. The van der Waals surface area contributed by atoms with Crippen LogP contribution in [-0.4, -0.2) is 14.8 Å². The van der Waals surface area contributed by atoms with E-state index < -0.39 is 15.3 Å². The standard InChI is InChI=1S/C21H22N4O4S/c1-12-16(15-11-22-20(30-15)23-14-9-7-6-8-10-14)13(2)19(25(28)29)17(21(3,4)5)18(12)24(26)27/h6-11H,1-5H3,(H,22,23). The average Bonchev–Trinajstić information content (AvgIpc) is 3.08. The van der Waals surface area contributed by atoms with Crippen LogP contribution in [0.25, 0.3) is 10.4 Å². The van der Waals surface area contributed by atoms with Crippen molar-refractivity contribution in [1.29, 1.82) is 0 Å². The molecule has 1 aromatic heterocycles. The van der Waals surface area contributed by atoms with E-state index in [1.807, 2.05) is 30.3 Å². The Morgan fingerprint density at radius 2 is 1.50 bits per heavy atom. The summed E-state index contributed by atoms with van der Waals surface area (Å²) in [5.74, 6) is 0. The molecule has 9 heteroatoms. The molecule has 3 rings (SSSR count).